The van der Waals surface area contributed by atoms with Crippen LogP contribution in [-0.2, 0) is 17.8 Å². The maximum Gasteiger partial charge on any atom is 0.220 e. The number of halogens is 2. The molecule has 0 radical (unpaired) electrons. The van der Waals surface area contributed by atoms with Crippen LogP contribution in [0.15, 0.2) is 61.1 Å². The summed E-state index contributed by atoms with van der Waals surface area (Å²) in [7, 11) is 0. The highest BCUT2D eigenvalue weighted by molar-refractivity contribution is 6.36. The summed E-state index contributed by atoms with van der Waals surface area (Å²) in [6.07, 6.45) is 6.04. The molecular formula is C20H17Cl2N3O. The first-order valence-corrected chi connectivity index (χ1v) is 8.94. The van der Waals surface area contributed by atoms with E-state index in [0.717, 1.165) is 22.4 Å². The van der Waals surface area contributed by atoms with Crippen molar-refractivity contribution in [2.45, 2.75) is 19.4 Å². The molecule has 0 bridgehead atoms. The molecule has 132 valence electrons. The lowest BCUT2D eigenvalue weighted by Gasteiger charge is -2.09. The van der Waals surface area contributed by atoms with Gasteiger partial charge in [0.2, 0.25) is 5.91 Å². The Hall–Kier alpha value is -2.43. The average molecular weight is 386 g/mol. The summed E-state index contributed by atoms with van der Waals surface area (Å²) in [6, 6.07) is 13.0. The first-order chi connectivity index (χ1) is 12.6. The fourth-order valence-corrected chi connectivity index (χ4v) is 3.14. The molecule has 2 aromatic heterocycles. The predicted octanol–water partition coefficient (Wildman–Crippen LogP) is 4.70. The third kappa shape index (κ3) is 4.81. The molecule has 0 atom stereocenters. The first-order valence-electron chi connectivity index (χ1n) is 8.18. The monoisotopic (exact) mass is 385 g/mol. The Balaban J connectivity index is 1.57. The van der Waals surface area contributed by atoms with E-state index in [1.54, 1.807) is 36.8 Å². The summed E-state index contributed by atoms with van der Waals surface area (Å²) in [6.45, 7) is 0.435. The van der Waals surface area contributed by atoms with Gasteiger partial charge in [-0.25, -0.2) is 0 Å². The molecule has 0 aliphatic carbocycles. The van der Waals surface area contributed by atoms with Crippen molar-refractivity contribution in [3.8, 4) is 11.3 Å². The SMILES string of the molecule is O=C(CCc1c(Cl)cccc1Cl)NCc1ccnc(-c2cccnc2)c1. The van der Waals surface area contributed by atoms with E-state index in [-0.39, 0.29) is 5.91 Å². The smallest absolute Gasteiger partial charge is 0.220 e. The van der Waals surface area contributed by atoms with Gasteiger partial charge in [-0.3, -0.25) is 14.8 Å². The Morgan fingerprint density at radius 2 is 1.85 bits per heavy atom. The summed E-state index contributed by atoms with van der Waals surface area (Å²) in [5.74, 6) is -0.0549. The Morgan fingerprint density at radius 1 is 1.04 bits per heavy atom. The number of pyridine rings is 2. The molecule has 0 aliphatic rings. The fraction of sp³-hybridized carbons (Fsp3) is 0.150. The van der Waals surface area contributed by atoms with Crippen LogP contribution >= 0.6 is 23.2 Å². The molecule has 0 saturated carbocycles. The van der Waals surface area contributed by atoms with Crippen LogP contribution in [0.25, 0.3) is 11.3 Å². The maximum atomic E-state index is 12.1. The number of hydrogen-bond donors (Lipinski definition) is 1. The number of rotatable bonds is 6. The van der Waals surface area contributed by atoms with Crippen molar-refractivity contribution in [1.82, 2.24) is 15.3 Å². The van der Waals surface area contributed by atoms with Gasteiger partial charge in [-0.15, -0.1) is 0 Å². The number of benzene rings is 1. The number of nitrogens with one attached hydrogen (secondary N) is 1. The summed E-state index contributed by atoms with van der Waals surface area (Å²) < 4.78 is 0. The molecule has 0 aliphatic heterocycles. The zero-order chi connectivity index (χ0) is 18.4. The second kappa shape index (κ2) is 8.79. The molecule has 0 saturated heterocycles. The van der Waals surface area contributed by atoms with Gasteiger partial charge in [0.1, 0.15) is 0 Å². The zero-order valence-electron chi connectivity index (χ0n) is 14.0. The second-order valence-electron chi connectivity index (χ2n) is 5.77. The zero-order valence-corrected chi connectivity index (χ0v) is 15.5. The minimum Gasteiger partial charge on any atom is -0.352 e. The third-order valence-electron chi connectivity index (χ3n) is 3.94. The molecular weight excluding hydrogens is 369 g/mol. The van der Waals surface area contributed by atoms with Crippen LogP contribution in [0.1, 0.15) is 17.5 Å². The van der Waals surface area contributed by atoms with Crippen molar-refractivity contribution in [3.63, 3.8) is 0 Å². The second-order valence-corrected chi connectivity index (χ2v) is 6.58. The van der Waals surface area contributed by atoms with Crippen molar-refractivity contribution in [1.29, 1.82) is 0 Å². The van der Waals surface area contributed by atoms with E-state index in [9.17, 15) is 4.79 Å². The van der Waals surface area contributed by atoms with E-state index in [0.29, 0.717) is 29.4 Å². The van der Waals surface area contributed by atoms with Crippen LogP contribution in [0.5, 0.6) is 0 Å². The van der Waals surface area contributed by atoms with E-state index in [4.69, 9.17) is 23.2 Å². The summed E-state index contributed by atoms with van der Waals surface area (Å²) in [4.78, 5) is 20.6. The average Bonchev–Trinajstić information content (AvgIpc) is 2.67. The Bertz CT molecular complexity index is 880. The van der Waals surface area contributed by atoms with E-state index in [2.05, 4.69) is 15.3 Å². The topological polar surface area (TPSA) is 54.9 Å². The van der Waals surface area contributed by atoms with E-state index >= 15 is 0 Å². The van der Waals surface area contributed by atoms with Crippen LogP contribution in [0.4, 0.5) is 0 Å². The minimum absolute atomic E-state index is 0.0549. The van der Waals surface area contributed by atoms with Crippen LogP contribution in [0.2, 0.25) is 10.0 Å². The van der Waals surface area contributed by atoms with Gasteiger partial charge in [-0.1, -0.05) is 29.3 Å². The minimum atomic E-state index is -0.0549. The molecule has 1 amide bonds. The van der Waals surface area contributed by atoms with Gasteiger partial charge >= 0.3 is 0 Å². The molecule has 0 spiro atoms. The van der Waals surface area contributed by atoms with Crippen LogP contribution < -0.4 is 5.32 Å². The van der Waals surface area contributed by atoms with Crippen LogP contribution in [0, 0.1) is 0 Å². The summed E-state index contributed by atoms with van der Waals surface area (Å²) >= 11 is 12.3. The Labute approximate surface area is 162 Å². The number of hydrogen-bond acceptors (Lipinski definition) is 3. The molecule has 0 fully saturated rings. The van der Waals surface area contributed by atoms with Crippen LogP contribution in [0.3, 0.4) is 0 Å². The predicted molar refractivity (Wildman–Crippen MR) is 104 cm³/mol. The number of aromatic nitrogens is 2. The highest BCUT2D eigenvalue weighted by Crippen LogP contribution is 2.25. The van der Waals surface area contributed by atoms with Crippen molar-refractivity contribution in [2.24, 2.45) is 0 Å². The molecule has 1 N–H and O–H groups in total. The molecule has 2 heterocycles. The highest BCUT2D eigenvalue weighted by atomic mass is 35.5. The number of nitrogens with zero attached hydrogens (tertiary/aromatic N) is 2. The molecule has 3 aromatic rings. The van der Waals surface area contributed by atoms with Gasteiger partial charge in [-0.2, -0.15) is 0 Å². The lowest BCUT2D eigenvalue weighted by Crippen LogP contribution is -2.23. The summed E-state index contributed by atoms with van der Waals surface area (Å²) in [5, 5.41) is 4.09. The van der Waals surface area contributed by atoms with Crippen molar-refractivity contribution < 1.29 is 4.79 Å². The largest absolute Gasteiger partial charge is 0.352 e. The van der Waals surface area contributed by atoms with E-state index in [1.807, 2.05) is 24.3 Å². The van der Waals surface area contributed by atoms with Crippen molar-refractivity contribution in [3.05, 3.63) is 82.2 Å². The van der Waals surface area contributed by atoms with Gasteiger partial charge in [0.15, 0.2) is 0 Å². The first kappa shape index (κ1) is 18.4. The lowest BCUT2D eigenvalue weighted by atomic mass is 10.1. The molecule has 0 unspecified atom stereocenters. The normalized spacial score (nSPS) is 10.5. The quantitative estimate of drug-likeness (QED) is 0.668. The maximum absolute atomic E-state index is 12.1. The standard InChI is InChI=1S/C20H17Cl2N3O/c21-17-4-1-5-18(22)16(17)6-7-20(26)25-12-14-8-10-24-19(11-14)15-3-2-9-23-13-15/h1-5,8-11,13H,6-7,12H2,(H,25,26). The lowest BCUT2D eigenvalue weighted by molar-refractivity contribution is -0.121. The molecule has 26 heavy (non-hydrogen) atoms. The van der Waals surface area contributed by atoms with Crippen LogP contribution in [-0.4, -0.2) is 15.9 Å². The molecule has 3 rings (SSSR count). The molecule has 1 aromatic carbocycles. The number of carbonyl (C=O) groups excluding carboxylic acids is 1. The number of carbonyl (C=O) groups is 1. The van der Waals surface area contributed by atoms with E-state index < -0.39 is 0 Å². The van der Waals surface area contributed by atoms with E-state index in [1.165, 1.54) is 0 Å². The Kier molecular flexibility index (Phi) is 6.21. The van der Waals surface area contributed by atoms with Crippen molar-refractivity contribution >= 4 is 29.1 Å². The summed E-state index contributed by atoms with van der Waals surface area (Å²) in [5.41, 5.74) is 3.54. The van der Waals surface area contributed by atoms with Gasteiger partial charge in [0.25, 0.3) is 0 Å². The third-order valence-corrected chi connectivity index (χ3v) is 4.64. The van der Waals surface area contributed by atoms with Gasteiger partial charge in [0, 0.05) is 47.2 Å². The Morgan fingerprint density at radius 3 is 2.58 bits per heavy atom. The fourth-order valence-electron chi connectivity index (χ4n) is 2.56. The van der Waals surface area contributed by atoms with Gasteiger partial charge in [-0.05, 0) is 53.9 Å². The van der Waals surface area contributed by atoms with Gasteiger partial charge < -0.3 is 5.32 Å². The highest BCUT2D eigenvalue weighted by Gasteiger charge is 2.09. The molecule has 6 heteroatoms. The van der Waals surface area contributed by atoms with Gasteiger partial charge in [0.05, 0.1) is 5.69 Å². The number of amides is 1. The van der Waals surface area contributed by atoms with Crippen molar-refractivity contribution in [2.75, 3.05) is 0 Å². The molecule has 4 nitrogen and oxygen atoms in total.